The monoisotopic (exact) mass is 540 g/mol. The zero-order chi connectivity index (χ0) is 27.5. The van der Waals surface area contributed by atoms with Crippen LogP contribution >= 0.6 is 0 Å². The third-order valence-electron chi connectivity index (χ3n) is 7.42. The van der Waals surface area contributed by atoms with E-state index in [0.29, 0.717) is 30.7 Å². The van der Waals surface area contributed by atoms with Crippen molar-refractivity contribution >= 4 is 22.6 Å². The lowest BCUT2D eigenvalue weighted by atomic mass is 9.99. The number of hydrogen-bond acceptors (Lipinski definition) is 8. The van der Waals surface area contributed by atoms with E-state index in [9.17, 15) is 15.0 Å². The number of carbonyl (C=O) groups is 1. The van der Waals surface area contributed by atoms with Gasteiger partial charge in [-0.05, 0) is 41.8 Å². The van der Waals surface area contributed by atoms with Crippen LogP contribution in [0.3, 0.4) is 0 Å². The highest BCUT2D eigenvalue weighted by Crippen LogP contribution is 2.39. The molecule has 3 N–H and O–H groups in total. The van der Waals surface area contributed by atoms with Crippen LogP contribution in [0.15, 0.2) is 79.0 Å². The molecule has 40 heavy (non-hydrogen) atoms. The van der Waals surface area contributed by atoms with Crippen molar-refractivity contribution in [2.45, 2.75) is 44.1 Å². The van der Waals surface area contributed by atoms with E-state index in [1.807, 2.05) is 72.8 Å². The number of β-amino-alcohol motifs (C(OH)–C–C–N with tert-alkyl or cyclic N) is 1. The normalized spacial score (nSPS) is 23.4. The van der Waals surface area contributed by atoms with Crippen molar-refractivity contribution in [3.8, 4) is 0 Å². The number of aliphatic hydroxyl groups excluding tert-OH is 2. The number of nitrogens with zero attached hydrogens (tertiary/aromatic N) is 3. The summed E-state index contributed by atoms with van der Waals surface area (Å²) in [4.78, 5) is 24.0. The summed E-state index contributed by atoms with van der Waals surface area (Å²) >= 11 is 0. The summed E-state index contributed by atoms with van der Waals surface area (Å²) < 4.78 is 12.9. The van der Waals surface area contributed by atoms with Gasteiger partial charge in [-0.15, -0.1) is 0 Å². The standard InChI is InChI=1S/C31H32N4O5/c36-19-20-8-10-21(11-9-20)29-15-25(18-35-13-12-24(37)17-35)39-31(40-29)22-4-3-5-23(14-22)33-30(38)28-16-32-26-6-1-2-7-27(26)34-28/h1-11,14,16,24-25,29,31,36-37H,12-13,15,17-19H2,(H,33,38)/t24-,25-,29+,31+/m0/s1. The van der Waals surface area contributed by atoms with Crippen molar-refractivity contribution in [2.24, 2.45) is 0 Å². The first-order chi connectivity index (χ1) is 19.5. The second kappa shape index (κ2) is 11.8. The Hall–Kier alpha value is -3.73. The predicted octanol–water partition coefficient (Wildman–Crippen LogP) is 3.99. The van der Waals surface area contributed by atoms with Gasteiger partial charge in [0.25, 0.3) is 5.91 Å². The lowest BCUT2D eigenvalue weighted by molar-refractivity contribution is -0.252. The molecule has 0 spiro atoms. The van der Waals surface area contributed by atoms with E-state index in [1.165, 1.54) is 6.20 Å². The Balaban J connectivity index is 1.21. The molecule has 206 valence electrons. The van der Waals surface area contributed by atoms with Crippen molar-refractivity contribution in [3.63, 3.8) is 0 Å². The zero-order valence-corrected chi connectivity index (χ0v) is 22.0. The summed E-state index contributed by atoms with van der Waals surface area (Å²) in [5.74, 6) is -0.354. The number of likely N-dealkylation sites (tertiary alicyclic amines) is 1. The average Bonchev–Trinajstić information content (AvgIpc) is 3.41. The molecule has 0 bridgehead atoms. The quantitative estimate of drug-likeness (QED) is 0.322. The minimum atomic E-state index is -0.647. The average molecular weight is 541 g/mol. The number of carbonyl (C=O) groups excluding carboxylic acids is 1. The minimum absolute atomic E-state index is 0.0131. The van der Waals surface area contributed by atoms with Gasteiger partial charge >= 0.3 is 0 Å². The van der Waals surface area contributed by atoms with E-state index in [1.54, 1.807) is 0 Å². The van der Waals surface area contributed by atoms with E-state index in [-0.39, 0.29) is 36.5 Å². The molecule has 0 aliphatic carbocycles. The number of amides is 1. The number of ether oxygens (including phenoxy) is 2. The molecule has 0 saturated carbocycles. The lowest BCUT2D eigenvalue weighted by Gasteiger charge is -2.38. The van der Waals surface area contributed by atoms with Gasteiger partial charge in [0, 0.05) is 37.3 Å². The van der Waals surface area contributed by atoms with Gasteiger partial charge in [0.05, 0.1) is 42.1 Å². The number of aliphatic hydroxyl groups is 2. The van der Waals surface area contributed by atoms with E-state index >= 15 is 0 Å². The molecule has 2 saturated heterocycles. The molecule has 1 amide bonds. The smallest absolute Gasteiger partial charge is 0.275 e. The van der Waals surface area contributed by atoms with Crippen LogP contribution in [-0.2, 0) is 16.1 Å². The van der Waals surface area contributed by atoms with Crippen molar-refractivity contribution in [1.82, 2.24) is 14.9 Å². The van der Waals surface area contributed by atoms with Crippen molar-refractivity contribution in [2.75, 3.05) is 25.0 Å². The van der Waals surface area contributed by atoms with Crippen LogP contribution in [0.4, 0.5) is 5.69 Å². The Morgan fingerprint density at radius 1 is 1.00 bits per heavy atom. The molecule has 1 aromatic heterocycles. The van der Waals surface area contributed by atoms with Gasteiger partial charge < -0.3 is 25.0 Å². The van der Waals surface area contributed by atoms with E-state index in [4.69, 9.17) is 9.47 Å². The molecule has 2 fully saturated rings. The number of nitrogens with one attached hydrogen (secondary N) is 1. The first-order valence-electron chi connectivity index (χ1n) is 13.6. The van der Waals surface area contributed by atoms with E-state index in [0.717, 1.165) is 35.2 Å². The van der Waals surface area contributed by atoms with Crippen LogP contribution in [0.2, 0.25) is 0 Å². The second-order valence-electron chi connectivity index (χ2n) is 10.4. The van der Waals surface area contributed by atoms with Gasteiger partial charge in [0.15, 0.2) is 6.29 Å². The van der Waals surface area contributed by atoms with Gasteiger partial charge in [-0.2, -0.15) is 0 Å². The van der Waals surface area contributed by atoms with E-state index in [2.05, 4.69) is 20.2 Å². The van der Waals surface area contributed by atoms with Crippen molar-refractivity contribution in [1.29, 1.82) is 0 Å². The highest BCUT2D eigenvalue weighted by atomic mass is 16.7. The maximum Gasteiger partial charge on any atom is 0.275 e. The maximum absolute atomic E-state index is 13.0. The van der Waals surface area contributed by atoms with Gasteiger partial charge in [0.1, 0.15) is 5.69 Å². The molecule has 4 atom stereocenters. The Kier molecular flexibility index (Phi) is 7.81. The number of rotatable bonds is 7. The van der Waals surface area contributed by atoms with Gasteiger partial charge in [-0.3, -0.25) is 14.7 Å². The third kappa shape index (κ3) is 6.04. The maximum atomic E-state index is 13.0. The fourth-order valence-electron chi connectivity index (χ4n) is 5.32. The van der Waals surface area contributed by atoms with Crippen LogP contribution < -0.4 is 5.32 Å². The SMILES string of the molecule is O=C(Nc1cccc([C@@H]2O[C@H](CN3CC[C@H](O)C3)C[C@H](c3ccc(CO)cc3)O2)c1)c1cnc2ccccc2n1. The molecule has 3 heterocycles. The largest absolute Gasteiger partial charge is 0.392 e. The number of para-hydroxylation sites is 2. The van der Waals surface area contributed by atoms with E-state index < -0.39 is 6.29 Å². The third-order valence-corrected chi connectivity index (χ3v) is 7.42. The topological polar surface area (TPSA) is 117 Å². The summed E-state index contributed by atoms with van der Waals surface area (Å²) in [6.07, 6.45) is 1.63. The predicted molar refractivity (Wildman–Crippen MR) is 149 cm³/mol. The number of fused-ring (bicyclic) bond motifs is 1. The van der Waals surface area contributed by atoms with Gasteiger partial charge in [-0.25, -0.2) is 4.98 Å². The molecule has 0 unspecified atom stereocenters. The van der Waals surface area contributed by atoms with Crippen LogP contribution in [0.1, 0.15) is 52.4 Å². The molecule has 0 radical (unpaired) electrons. The molecule has 9 nitrogen and oxygen atoms in total. The second-order valence-corrected chi connectivity index (χ2v) is 10.4. The van der Waals surface area contributed by atoms with Crippen molar-refractivity contribution < 1.29 is 24.5 Å². The molecule has 3 aromatic carbocycles. The molecule has 2 aliphatic rings. The van der Waals surface area contributed by atoms with Crippen LogP contribution in [-0.4, -0.2) is 62.8 Å². The highest BCUT2D eigenvalue weighted by Gasteiger charge is 2.34. The van der Waals surface area contributed by atoms with Gasteiger partial charge in [0.2, 0.25) is 0 Å². The first-order valence-corrected chi connectivity index (χ1v) is 13.6. The van der Waals surface area contributed by atoms with Gasteiger partial charge in [-0.1, -0.05) is 48.5 Å². The Morgan fingerprint density at radius 2 is 1.82 bits per heavy atom. The number of anilines is 1. The fourth-order valence-corrected chi connectivity index (χ4v) is 5.32. The highest BCUT2D eigenvalue weighted by molar-refractivity contribution is 6.03. The number of aromatic nitrogens is 2. The molecule has 6 rings (SSSR count). The summed E-state index contributed by atoms with van der Waals surface area (Å²) in [7, 11) is 0. The van der Waals surface area contributed by atoms with Crippen LogP contribution in [0.25, 0.3) is 11.0 Å². The summed E-state index contributed by atoms with van der Waals surface area (Å²) in [6, 6.07) is 22.6. The van der Waals surface area contributed by atoms with Crippen LogP contribution in [0.5, 0.6) is 0 Å². The molecule has 2 aliphatic heterocycles. The Morgan fingerprint density at radius 3 is 2.60 bits per heavy atom. The number of benzene rings is 3. The first kappa shape index (κ1) is 26.5. The fraction of sp³-hybridized carbons (Fsp3) is 0.323. The summed E-state index contributed by atoms with van der Waals surface area (Å²) in [5.41, 5.74) is 4.84. The Bertz CT molecular complexity index is 1480. The molecule has 9 heteroatoms. The number of hydrogen-bond donors (Lipinski definition) is 3. The van der Waals surface area contributed by atoms with Crippen molar-refractivity contribution in [3.05, 3.63) is 101 Å². The molecule has 4 aromatic rings. The summed E-state index contributed by atoms with van der Waals surface area (Å²) in [5, 5.41) is 22.4. The van der Waals surface area contributed by atoms with Crippen LogP contribution in [0, 0.1) is 0 Å². The molecular formula is C31H32N4O5. The lowest BCUT2D eigenvalue weighted by Crippen LogP contribution is -2.38. The zero-order valence-electron chi connectivity index (χ0n) is 22.0. The minimum Gasteiger partial charge on any atom is -0.392 e. The summed E-state index contributed by atoms with van der Waals surface area (Å²) in [6.45, 7) is 2.15. The Labute approximate surface area is 232 Å². The molecular weight excluding hydrogens is 508 g/mol.